The van der Waals surface area contributed by atoms with Crippen molar-refractivity contribution in [3.05, 3.63) is 36.2 Å². The standard InChI is InChI=1S/C17H24N6O2/c1-21(2)15-7-5-14(6-8-15)10-22(11-16-4-3-9-25-16)17(24)12-23-13-18-19-20-23/h5-8,13,16H,3-4,9-12H2,1-2H3. The van der Waals surface area contributed by atoms with Gasteiger partial charge in [-0.25, -0.2) is 4.68 Å². The zero-order valence-corrected chi connectivity index (χ0v) is 14.7. The molecule has 3 rings (SSSR count). The van der Waals surface area contributed by atoms with E-state index in [1.165, 1.54) is 11.0 Å². The molecule has 1 fully saturated rings. The summed E-state index contributed by atoms with van der Waals surface area (Å²) in [6.07, 6.45) is 3.61. The van der Waals surface area contributed by atoms with E-state index in [9.17, 15) is 4.79 Å². The molecular weight excluding hydrogens is 320 g/mol. The average Bonchev–Trinajstić information content (AvgIpc) is 3.28. The second kappa shape index (κ2) is 8.06. The van der Waals surface area contributed by atoms with Crippen LogP contribution >= 0.6 is 0 Å². The lowest BCUT2D eigenvalue weighted by atomic mass is 10.1. The van der Waals surface area contributed by atoms with Crippen molar-refractivity contribution in [2.24, 2.45) is 0 Å². The first kappa shape index (κ1) is 17.3. The van der Waals surface area contributed by atoms with Crippen LogP contribution in [-0.2, 0) is 22.6 Å². The molecule has 134 valence electrons. The Morgan fingerprint density at radius 2 is 2.12 bits per heavy atom. The summed E-state index contributed by atoms with van der Waals surface area (Å²) in [5, 5.41) is 10.9. The Labute approximate surface area is 147 Å². The molecule has 0 N–H and O–H groups in total. The highest BCUT2D eigenvalue weighted by Crippen LogP contribution is 2.17. The number of anilines is 1. The summed E-state index contributed by atoms with van der Waals surface area (Å²) in [6.45, 7) is 2.05. The lowest BCUT2D eigenvalue weighted by Gasteiger charge is -2.26. The van der Waals surface area contributed by atoms with Gasteiger partial charge in [0.05, 0.1) is 6.10 Å². The fraction of sp³-hybridized carbons (Fsp3) is 0.529. The van der Waals surface area contributed by atoms with Gasteiger partial charge in [0.15, 0.2) is 0 Å². The van der Waals surface area contributed by atoms with Crippen molar-refractivity contribution in [1.82, 2.24) is 25.1 Å². The van der Waals surface area contributed by atoms with E-state index < -0.39 is 0 Å². The van der Waals surface area contributed by atoms with Gasteiger partial charge in [0, 0.05) is 39.5 Å². The topological polar surface area (TPSA) is 76.4 Å². The first-order valence-electron chi connectivity index (χ1n) is 8.48. The highest BCUT2D eigenvalue weighted by molar-refractivity contribution is 5.76. The number of carbonyl (C=O) groups is 1. The molecule has 2 heterocycles. The number of amides is 1. The molecular formula is C17H24N6O2. The van der Waals surface area contributed by atoms with Gasteiger partial charge in [-0.05, 0) is 41.0 Å². The second-order valence-corrected chi connectivity index (χ2v) is 6.48. The molecule has 0 spiro atoms. The van der Waals surface area contributed by atoms with E-state index in [2.05, 4.69) is 44.7 Å². The Kier molecular flexibility index (Phi) is 5.60. The van der Waals surface area contributed by atoms with Crippen LogP contribution in [0.15, 0.2) is 30.6 Å². The van der Waals surface area contributed by atoms with Crippen LogP contribution in [0.1, 0.15) is 18.4 Å². The number of hydrogen-bond acceptors (Lipinski definition) is 6. The van der Waals surface area contributed by atoms with Gasteiger partial charge in [0.25, 0.3) is 0 Å². The van der Waals surface area contributed by atoms with E-state index >= 15 is 0 Å². The van der Waals surface area contributed by atoms with E-state index in [1.54, 1.807) is 0 Å². The molecule has 1 amide bonds. The van der Waals surface area contributed by atoms with Crippen LogP contribution in [0.5, 0.6) is 0 Å². The molecule has 2 aromatic rings. The van der Waals surface area contributed by atoms with Crippen LogP contribution in [0, 0.1) is 0 Å². The van der Waals surface area contributed by atoms with Crippen molar-refractivity contribution >= 4 is 11.6 Å². The molecule has 0 saturated carbocycles. The summed E-state index contributed by atoms with van der Waals surface area (Å²) in [4.78, 5) is 16.6. The number of aromatic nitrogens is 4. The minimum absolute atomic E-state index is 0.0144. The molecule has 1 unspecified atom stereocenters. The number of hydrogen-bond donors (Lipinski definition) is 0. The predicted octanol–water partition coefficient (Wildman–Crippen LogP) is 0.947. The third kappa shape index (κ3) is 4.76. The normalized spacial score (nSPS) is 16.8. The first-order chi connectivity index (χ1) is 12.1. The lowest BCUT2D eigenvalue weighted by molar-refractivity contribution is -0.134. The monoisotopic (exact) mass is 344 g/mol. The van der Waals surface area contributed by atoms with E-state index in [4.69, 9.17) is 4.74 Å². The Morgan fingerprint density at radius 1 is 1.32 bits per heavy atom. The van der Waals surface area contributed by atoms with Gasteiger partial charge in [0.2, 0.25) is 5.91 Å². The van der Waals surface area contributed by atoms with Crippen LogP contribution in [0.2, 0.25) is 0 Å². The van der Waals surface area contributed by atoms with E-state index in [0.29, 0.717) is 13.1 Å². The minimum atomic E-state index is -0.0144. The maximum absolute atomic E-state index is 12.7. The third-order valence-corrected chi connectivity index (χ3v) is 4.32. The summed E-state index contributed by atoms with van der Waals surface area (Å²) >= 11 is 0. The summed E-state index contributed by atoms with van der Waals surface area (Å²) in [7, 11) is 4.02. The van der Waals surface area contributed by atoms with Gasteiger partial charge in [-0.2, -0.15) is 0 Å². The zero-order valence-electron chi connectivity index (χ0n) is 14.7. The second-order valence-electron chi connectivity index (χ2n) is 6.48. The van der Waals surface area contributed by atoms with E-state index in [0.717, 1.165) is 30.7 Å². The fourth-order valence-electron chi connectivity index (χ4n) is 2.90. The van der Waals surface area contributed by atoms with Crippen LogP contribution in [0.25, 0.3) is 0 Å². The quantitative estimate of drug-likeness (QED) is 0.744. The number of benzene rings is 1. The summed E-state index contributed by atoms with van der Waals surface area (Å²) in [6, 6.07) is 8.24. The van der Waals surface area contributed by atoms with Crippen LogP contribution in [-0.4, -0.2) is 64.4 Å². The van der Waals surface area contributed by atoms with Gasteiger partial charge in [-0.1, -0.05) is 12.1 Å². The van der Waals surface area contributed by atoms with Crippen molar-refractivity contribution in [1.29, 1.82) is 0 Å². The van der Waals surface area contributed by atoms with Gasteiger partial charge in [0.1, 0.15) is 12.9 Å². The fourth-order valence-corrected chi connectivity index (χ4v) is 2.90. The summed E-state index contributed by atoms with van der Waals surface area (Å²) in [5.41, 5.74) is 2.23. The number of carbonyl (C=O) groups excluding carboxylic acids is 1. The maximum Gasteiger partial charge on any atom is 0.244 e. The molecule has 1 aromatic carbocycles. The number of rotatable bonds is 7. The summed E-state index contributed by atoms with van der Waals surface area (Å²) < 4.78 is 7.15. The molecule has 8 heteroatoms. The Balaban J connectivity index is 1.69. The van der Waals surface area contributed by atoms with Crippen molar-refractivity contribution < 1.29 is 9.53 Å². The lowest BCUT2D eigenvalue weighted by Crippen LogP contribution is -2.39. The van der Waals surface area contributed by atoms with Crippen LogP contribution in [0.3, 0.4) is 0 Å². The summed E-state index contributed by atoms with van der Waals surface area (Å²) in [5.74, 6) is -0.0144. The molecule has 1 aromatic heterocycles. The zero-order chi connectivity index (χ0) is 17.6. The smallest absolute Gasteiger partial charge is 0.244 e. The SMILES string of the molecule is CN(C)c1ccc(CN(CC2CCCO2)C(=O)Cn2cnnn2)cc1. The van der Waals surface area contributed by atoms with Crippen molar-refractivity contribution in [3.63, 3.8) is 0 Å². The highest BCUT2D eigenvalue weighted by atomic mass is 16.5. The largest absolute Gasteiger partial charge is 0.378 e. The molecule has 1 aliphatic heterocycles. The van der Waals surface area contributed by atoms with Crippen molar-refractivity contribution in [3.8, 4) is 0 Å². The maximum atomic E-state index is 12.7. The molecule has 8 nitrogen and oxygen atoms in total. The van der Waals surface area contributed by atoms with Crippen molar-refractivity contribution in [2.45, 2.75) is 32.0 Å². The van der Waals surface area contributed by atoms with Gasteiger partial charge < -0.3 is 14.5 Å². The molecule has 1 aliphatic rings. The number of tetrazole rings is 1. The third-order valence-electron chi connectivity index (χ3n) is 4.32. The molecule has 25 heavy (non-hydrogen) atoms. The van der Waals surface area contributed by atoms with Gasteiger partial charge in [-0.15, -0.1) is 5.10 Å². The van der Waals surface area contributed by atoms with Crippen LogP contribution in [0.4, 0.5) is 5.69 Å². The first-order valence-corrected chi connectivity index (χ1v) is 8.48. The number of ether oxygens (including phenoxy) is 1. The Bertz CT molecular complexity index is 665. The highest BCUT2D eigenvalue weighted by Gasteiger charge is 2.23. The van der Waals surface area contributed by atoms with Gasteiger partial charge >= 0.3 is 0 Å². The number of nitrogens with zero attached hydrogens (tertiary/aromatic N) is 6. The molecule has 0 bridgehead atoms. The molecule has 1 saturated heterocycles. The Morgan fingerprint density at radius 3 is 2.72 bits per heavy atom. The molecule has 0 aliphatic carbocycles. The van der Waals surface area contributed by atoms with Crippen LogP contribution < -0.4 is 4.90 Å². The minimum Gasteiger partial charge on any atom is -0.378 e. The van der Waals surface area contributed by atoms with Crippen molar-refractivity contribution in [2.75, 3.05) is 32.1 Å². The average molecular weight is 344 g/mol. The Hall–Kier alpha value is -2.48. The van der Waals surface area contributed by atoms with E-state index in [1.807, 2.05) is 19.0 Å². The predicted molar refractivity (Wildman–Crippen MR) is 93.0 cm³/mol. The molecule has 1 atom stereocenters. The van der Waals surface area contributed by atoms with Gasteiger partial charge in [-0.3, -0.25) is 4.79 Å². The molecule has 0 radical (unpaired) electrons. The van der Waals surface area contributed by atoms with E-state index in [-0.39, 0.29) is 18.6 Å².